The van der Waals surface area contributed by atoms with Crippen LogP contribution < -0.4 is 5.32 Å². The largest absolute Gasteiger partial charge is 0.381 e. The summed E-state index contributed by atoms with van der Waals surface area (Å²) in [5.41, 5.74) is 0. The molecule has 0 aromatic heterocycles. The van der Waals surface area contributed by atoms with E-state index in [-0.39, 0.29) is 0 Å². The second-order valence-electron chi connectivity index (χ2n) is 7.44. The van der Waals surface area contributed by atoms with Crippen LogP contribution in [-0.4, -0.2) is 25.8 Å². The molecule has 1 saturated heterocycles. The van der Waals surface area contributed by atoms with Crippen LogP contribution in [-0.2, 0) is 4.74 Å². The fraction of sp³-hybridized carbons (Fsp3) is 1.00. The lowest BCUT2D eigenvalue weighted by Crippen LogP contribution is -2.45. The molecule has 3 fully saturated rings. The van der Waals surface area contributed by atoms with E-state index in [9.17, 15) is 0 Å². The predicted molar refractivity (Wildman–Crippen MR) is 83.9 cm³/mol. The summed E-state index contributed by atoms with van der Waals surface area (Å²) in [6, 6.07) is 0.814. The molecule has 20 heavy (non-hydrogen) atoms. The zero-order valence-electron chi connectivity index (χ0n) is 13.1. The van der Waals surface area contributed by atoms with Crippen LogP contribution in [0.3, 0.4) is 0 Å². The van der Waals surface area contributed by atoms with Crippen molar-refractivity contribution in [2.24, 2.45) is 17.8 Å². The Balaban J connectivity index is 1.49. The standard InChI is InChI=1S/C18H33NO/c1-2-8-16(9-3-1)17-10-4-5-11-18(17)19-13-15-7-6-12-20-14-15/h15-19H,1-14H2. The summed E-state index contributed by atoms with van der Waals surface area (Å²) in [7, 11) is 0. The van der Waals surface area contributed by atoms with Crippen LogP contribution >= 0.6 is 0 Å². The van der Waals surface area contributed by atoms with Crippen LogP contribution in [0.5, 0.6) is 0 Å². The molecule has 3 aliphatic rings. The zero-order chi connectivity index (χ0) is 13.6. The van der Waals surface area contributed by atoms with Gasteiger partial charge >= 0.3 is 0 Å². The smallest absolute Gasteiger partial charge is 0.0506 e. The van der Waals surface area contributed by atoms with Gasteiger partial charge in [-0.2, -0.15) is 0 Å². The highest BCUT2D eigenvalue weighted by Crippen LogP contribution is 2.38. The predicted octanol–water partition coefficient (Wildman–Crippen LogP) is 4.14. The molecule has 2 aliphatic carbocycles. The van der Waals surface area contributed by atoms with Crippen molar-refractivity contribution >= 4 is 0 Å². The van der Waals surface area contributed by atoms with Crippen molar-refractivity contribution in [2.75, 3.05) is 19.8 Å². The molecule has 2 nitrogen and oxygen atoms in total. The third-order valence-electron chi connectivity index (χ3n) is 6.00. The third kappa shape index (κ3) is 3.98. The summed E-state index contributed by atoms with van der Waals surface area (Å²) in [5, 5.41) is 3.96. The van der Waals surface area contributed by atoms with Gasteiger partial charge in [0.05, 0.1) is 6.61 Å². The van der Waals surface area contributed by atoms with Crippen molar-refractivity contribution in [3.8, 4) is 0 Å². The number of hydrogen-bond donors (Lipinski definition) is 1. The van der Waals surface area contributed by atoms with Crippen molar-refractivity contribution in [1.29, 1.82) is 0 Å². The van der Waals surface area contributed by atoms with Gasteiger partial charge in [0.25, 0.3) is 0 Å². The molecule has 2 saturated carbocycles. The first-order valence-electron chi connectivity index (χ1n) is 9.24. The Bertz CT molecular complexity index is 269. The van der Waals surface area contributed by atoms with Gasteiger partial charge in [-0.1, -0.05) is 44.9 Å². The molecule has 1 heterocycles. The van der Waals surface area contributed by atoms with Crippen molar-refractivity contribution in [3.63, 3.8) is 0 Å². The fourth-order valence-corrected chi connectivity index (χ4v) is 4.83. The van der Waals surface area contributed by atoms with Gasteiger partial charge in [0.1, 0.15) is 0 Å². The molecular weight excluding hydrogens is 246 g/mol. The van der Waals surface area contributed by atoms with Gasteiger partial charge in [-0.3, -0.25) is 0 Å². The molecule has 3 rings (SSSR count). The molecule has 116 valence electrons. The van der Waals surface area contributed by atoms with E-state index in [2.05, 4.69) is 5.32 Å². The molecule has 1 aliphatic heterocycles. The number of nitrogens with one attached hydrogen (secondary N) is 1. The molecule has 3 unspecified atom stereocenters. The average molecular weight is 279 g/mol. The summed E-state index contributed by atoms with van der Waals surface area (Å²) >= 11 is 0. The minimum atomic E-state index is 0.776. The first-order valence-corrected chi connectivity index (χ1v) is 9.24. The lowest BCUT2D eigenvalue weighted by atomic mass is 9.71. The van der Waals surface area contributed by atoms with Crippen LogP contribution in [0.15, 0.2) is 0 Å². The molecular formula is C18H33NO. The van der Waals surface area contributed by atoms with Crippen LogP contribution in [0.1, 0.15) is 70.6 Å². The molecule has 3 atom stereocenters. The quantitative estimate of drug-likeness (QED) is 0.835. The minimum absolute atomic E-state index is 0.776. The highest BCUT2D eigenvalue weighted by molar-refractivity contribution is 4.87. The summed E-state index contributed by atoms with van der Waals surface area (Å²) in [6.07, 6.45) is 16.0. The minimum Gasteiger partial charge on any atom is -0.381 e. The van der Waals surface area contributed by atoms with Crippen molar-refractivity contribution < 1.29 is 4.74 Å². The Kier molecular flexibility index (Phi) is 5.78. The zero-order valence-corrected chi connectivity index (χ0v) is 13.1. The SMILES string of the molecule is C1CCC(C2CCCCC2NCC2CCCOC2)CC1. The van der Waals surface area contributed by atoms with Gasteiger partial charge in [-0.05, 0) is 43.4 Å². The number of hydrogen-bond acceptors (Lipinski definition) is 2. The van der Waals surface area contributed by atoms with E-state index in [1.807, 2.05) is 0 Å². The van der Waals surface area contributed by atoms with E-state index in [1.165, 1.54) is 77.2 Å². The summed E-state index contributed by atoms with van der Waals surface area (Å²) < 4.78 is 5.63. The molecule has 0 aromatic carbocycles. The lowest BCUT2D eigenvalue weighted by molar-refractivity contribution is 0.0500. The van der Waals surface area contributed by atoms with Crippen LogP contribution in [0, 0.1) is 17.8 Å². The summed E-state index contributed by atoms with van der Waals surface area (Å²) in [6.45, 7) is 3.19. The van der Waals surface area contributed by atoms with Gasteiger partial charge in [-0.25, -0.2) is 0 Å². The molecule has 0 aromatic rings. The maximum absolute atomic E-state index is 5.63. The lowest BCUT2D eigenvalue weighted by Gasteiger charge is -2.40. The molecule has 1 N–H and O–H groups in total. The second-order valence-corrected chi connectivity index (χ2v) is 7.44. The first kappa shape index (κ1) is 14.8. The number of rotatable bonds is 4. The summed E-state index contributed by atoms with van der Waals surface area (Å²) in [4.78, 5) is 0. The average Bonchev–Trinajstić information content (AvgIpc) is 2.55. The highest BCUT2D eigenvalue weighted by Gasteiger charge is 2.32. The maximum Gasteiger partial charge on any atom is 0.0506 e. The van der Waals surface area contributed by atoms with Crippen LogP contribution in [0.4, 0.5) is 0 Å². The molecule has 0 radical (unpaired) electrons. The maximum atomic E-state index is 5.63. The fourth-order valence-electron chi connectivity index (χ4n) is 4.83. The van der Waals surface area contributed by atoms with Crippen molar-refractivity contribution in [3.05, 3.63) is 0 Å². The van der Waals surface area contributed by atoms with E-state index >= 15 is 0 Å². The first-order chi connectivity index (χ1) is 9.93. The molecule has 2 heteroatoms. The Morgan fingerprint density at radius 2 is 1.60 bits per heavy atom. The van der Waals surface area contributed by atoms with Gasteiger partial charge < -0.3 is 10.1 Å². The van der Waals surface area contributed by atoms with Crippen LogP contribution in [0.2, 0.25) is 0 Å². The van der Waals surface area contributed by atoms with Crippen LogP contribution in [0.25, 0.3) is 0 Å². The van der Waals surface area contributed by atoms with E-state index < -0.39 is 0 Å². The van der Waals surface area contributed by atoms with E-state index in [4.69, 9.17) is 4.74 Å². The number of ether oxygens (including phenoxy) is 1. The van der Waals surface area contributed by atoms with Crippen molar-refractivity contribution in [2.45, 2.75) is 76.7 Å². The molecule has 0 spiro atoms. The normalized spacial score (nSPS) is 36.9. The van der Waals surface area contributed by atoms with Gasteiger partial charge in [-0.15, -0.1) is 0 Å². The van der Waals surface area contributed by atoms with E-state index in [1.54, 1.807) is 0 Å². The third-order valence-corrected chi connectivity index (χ3v) is 6.00. The van der Waals surface area contributed by atoms with E-state index in [0.29, 0.717) is 0 Å². The Hall–Kier alpha value is -0.0800. The molecule has 0 amide bonds. The Morgan fingerprint density at radius 1 is 0.800 bits per heavy atom. The van der Waals surface area contributed by atoms with Gasteiger partial charge in [0.2, 0.25) is 0 Å². The summed E-state index contributed by atoms with van der Waals surface area (Å²) in [5.74, 6) is 2.79. The van der Waals surface area contributed by atoms with Gasteiger partial charge in [0.15, 0.2) is 0 Å². The Labute approximate surface area is 125 Å². The van der Waals surface area contributed by atoms with E-state index in [0.717, 1.165) is 37.0 Å². The molecule has 0 bridgehead atoms. The topological polar surface area (TPSA) is 21.3 Å². The monoisotopic (exact) mass is 279 g/mol. The second kappa shape index (κ2) is 7.79. The van der Waals surface area contributed by atoms with Gasteiger partial charge in [0, 0.05) is 19.2 Å². The Morgan fingerprint density at radius 3 is 2.40 bits per heavy atom. The van der Waals surface area contributed by atoms with Crippen molar-refractivity contribution in [1.82, 2.24) is 5.32 Å². The highest BCUT2D eigenvalue weighted by atomic mass is 16.5.